The topological polar surface area (TPSA) is 145 Å². The molecule has 13 heteroatoms. The van der Waals surface area contributed by atoms with Crippen molar-refractivity contribution in [1.82, 2.24) is 25.2 Å². The SMILES string of the molecule is COc1cc2c(c(OC)c1OC)-c1ccc(N[C@@H](CCSC)C(=O)NCCCc3nnc4ccccn34)c(=O)cc1[C@@H](NC(C)=O)CC2. The largest absolute Gasteiger partial charge is 0.493 e. The summed E-state index contributed by atoms with van der Waals surface area (Å²) in [6, 6.07) is 11.7. The smallest absolute Gasteiger partial charge is 0.242 e. The van der Waals surface area contributed by atoms with Gasteiger partial charge in [-0.3, -0.25) is 18.8 Å². The van der Waals surface area contributed by atoms with Crippen LogP contribution in [0.15, 0.2) is 53.5 Å². The minimum absolute atomic E-state index is 0.192. The summed E-state index contributed by atoms with van der Waals surface area (Å²) in [5.74, 6) is 2.58. The van der Waals surface area contributed by atoms with Gasteiger partial charge in [-0.15, -0.1) is 10.2 Å². The van der Waals surface area contributed by atoms with E-state index in [2.05, 4.69) is 26.1 Å². The molecule has 0 saturated carbocycles. The normalized spacial score (nSPS) is 14.2. The minimum atomic E-state index is -0.640. The fourth-order valence-electron chi connectivity index (χ4n) is 6.16. The average Bonchev–Trinajstić information content (AvgIpc) is 3.36. The van der Waals surface area contributed by atoms with Crippen molar-refractivity contribution in [2.24, 2.45) is 0 Å². The molecule has 2 aromatic carbocycles. The van der Waals surface area contributed by atoms with E-state index >= 15 is 0 Å². The Bertz CT molecular complexity index is 1850. The number of amides is 2. The fourth-order valence-corrected chi connectivity index (χ4v) is 6.63. The lowest BCUT2D eigenvalue weighted by atomic mass is 9.95. The van der Waals surface area contributed by atoms with Gasteiger partial charge in [0.2, 0.25) is 23.0 Å². The maximum atomic E-state index is 13.9. The standard InChI is InChI=1S/C35H42N6O6S/c1-21(42)37-25-13-11-22-19-29(45-2)33(46-3)34(47-4)32(22)23-12-14-26(28(43)20-24(23)25)38-27(15-18-48-5)35(44)36-16-8-10-31-40-39-30-9-6-7-17-41(30)31/h6-7,9,12,14,17,19-20,25,27H,8,10-11,13,15-16,18H2,1-5H3,(H,36,44)(H,37,42)(H,38,43)/t25-,27-/m0/s1. The molecule has 1 aliphatic carbocycles. The van der Waals surface area contributed by atoms with Gasteiger partial charge in [-0.25, -0.2) is 0 Å². The van der Waals surface area contributed by atoms with E-state index in [-0.39, 0.29) is 22.9 Å². The zero-order valence-electron chi connectivity index (χ0n) is 27.9. The van der Waals surface area contributed by atoms with Crippen LogP contribution in [0, 0.1) is 0 Å². The predicted molar refractivity (Wildman–Crippen MR) is 187 cm³/mol. The van der Waals surface area contributed by atoms with Crippen molar-refractivity contribution >= 4 is 34.9 Å². The molecule has 0 saturated heterocycles. The quantitative estimate of drug-likeness (QED) is 0.167. The maximum absolute atomic E-state index is 13.9. The van der Waals surface area contributed by atoms with Crippen LogP contribution in [0.25, 0.3) is 16.8 Å². The molecule has 0 bridgehead atoms. The third kappa shape index (κ3) is 7.51. The molecule has 4 aromatic rings. The second-order valence-corrected chi connectivity index (χ2v) is 12.5. The van der Waals surface area contributed by atoms with Gasteiger partial charge < -0.3 is 30.2 Å². The van der Waals surface area contributed by atoms with E-state index in [1.165, 1.54) is 6.92 Å². The van der Waals surface area contributed by atoms with Crippen LogP contribution in [0.3, 0.4) is 0 Å². The Morgan fingerprint density at radius 3 is 2.60 bits per heavy atom. The Morgan fingerprint density at radius 2 is 1.88 bits per heavy atom. The summed E-state index contributed by atoms with van der Waals surface area (Å²) in [4.78, 5) is 39.6. The zero-order valence-corrected chi connectivity index (χ0v) is 28.7. The van der Waals surface area contributed by atoms with Gasteiger partial charge in [0.05, 0.1) is 33.1 Å². The number of hydrogen-bond acceptors (Lipinski definition) is 10. The molecule has 2 heterocycles. The first-order valence-electron chi connectivity index (χ1n) is 15.9. The number of thioether (sulfide) groups is 1. The van der Waals surface area contributed by atoms with E-state index in [9.17, 15) is 14.4 Å². The number of methoxy groups -OCH3 is 3. The Balaban J connectivity index is 1.44. The highest BCUT2D eigenvalue weighted by Crippen LogP contribution is 2.50. The lowest BCUT2D eigenvalue weighted by Gasteiger charge is -2.19. The Kier molecular flexibility index (Phi) is 11.4. The highest BCUT2D eigenvalue weighted by atomic mass is 32.2. The summed E-state index contributed by atoms with van der Waals surface area (Å²) in [5.41, 5.74) is 3.83. The van der Waals surface area contributed by atoms with Gasteiger partial charge in [-0.1, -0.05) is 12.1 Å². The van der Waals surface area contributed by atoms with Gasteiger partial charge in [0.15, 0.2) is 17.1 Å². The highest BCUT2D eigenvalue weighted by Gasteiger charge is 2.30. The molecule has 0 fully saturated rings. The highest BCUT2D eigenvalue weighted by molar-refractivity contribution is 7.98. The summed E-state index contributed by atoms with van der Waals surface area (Å²) in [7, 11) is 4.67. The molecule has 12 nitrogen and oxygen atoms in total. The molecule has 48 heavy (non-hydrogen) atoms. The number of hydrogen-bond donors (Lipinski definition) is 3. The number of carbonyl (C=O) groups excluding carboxylic acids is 2. The predicted octanol–water partition coefficient (Wildman–Crippen LogP) is 4.19. The van der Waals surface area contributed by atoms with Gasteiger partial charge in [0, 0.05) is 31.6 Å². The van der Waals surface area contributed by atoms with Gasteiger partial charge in [0.25, 0.3) is 0 Å². The van der Waals surface area contributed by atoms with E-state index in [1.807, 2.05) is 47.2 Å². The van der Waals surface area contributed by atoms with Crippen molar-refractivity contribution in [3.63, 3.8) is 0 Å². The Labute approximate surface area is 284 Å². The third-order valence-corrected chi connectivity index (χ3v) is 9.08. The van der Waals surface area contributed by atoms with Crippen LogP contribution in [0.1, 0.15) is 49.2 Å². The summed E-state index contributed by atoms with van der Waals surface area (Å²) >= 11 is 1.63. The van der Waals surface area contributed by atoms with Crippen LogP contribution >= 0.6 is 11.8 Å². The summed E-state index contributed by atoms with van der Waals surface area (Å²) < 4.78 is 19.1. The van der Waals surface area contributed by atoms with Gasteiger partial charge in [-0.2, -0.15) is 11.8 Å². The molecule has 0 radical (unpaired) electrons. The Morgan fingerprint density at radius 1 is 1.06 bits per heavy atom. The molecule has 2 atom stereocenters. The Hall–Kier alpha value is -4.78. The molecular formula is C35H42N6O6S. The van der Waals surface area contributed by atoms with Crippen molar-refractivity contribution in [3.05, 3.63) is 75.8 Å². The van der Waals surface area contributed by atoms with E-state index in [1.54, 1.807) is 45.2 Å². The van der Waals surface area contributed by atoms with Crippen LogP contribution < -0.4 is 35.6 Å². The summed E-state index contributed by atoms with van der Waals surface area (Å²) in [6.45, 7) is 1.90. The van der Waals surface area contributed by atoms with Gasteiger partial charge in [-0.05, 0) is 84.7 Å². The first kappa shape index (κ1) is 34.6. The van der Waals surface area contributed by atoms with Crippen LogP contribution in [-0.2, 0) is 22.4 Å². The van der Waals surface area contributed by atoms with E-state index in [4.69, 9.17) is 14.2 Å². The molecule has 254 valence electrons. The van der Waals surface area contributed by atoms with Crippen molar-refractivity contribution < 1.29 is 23.8 Å². The van der Waals surface area contributed by atoms with E-state index in [0.29, 0.717) is 61.5 Å². The summed E-state index contributed by atoms with van der Waals surface area (Å²) in [5, 5.41) is 17.8. The van der Waals surface area contributed by atoms with Crippen molar-refractivity contribution in [3.8, 4) is 28.4 Å². The number of pyridine rings is 1. The van der Waals surface area contributed by atoms with Crippen LogP contribution in [0.5, 0.6) is 17.2 Å². The molecule has 3 N–H and O–H groups in total. The van der Waals surface area contributed by atoms with Crippen LogP contribution in [0.2, 0.25) is 0 Å². The number of rotatable bonds is 14. The molecule has 0 unspecified atom stereocenters. The van der Waals surface area contributed by atoms with Crippen molar-refractivity contribution in [2.75, 3.05) is 45.2 Å². The molecule has 0 spiro atoms. The first-order valence-corrected chi connectivity index (χ1v) is 17.3. The first-order chi connectivity index (χ1) is 23.3. The van der Waals surface area contributed by atoms with Gasteiger partial charge in [0.1, 0.15) is 11.9 Å². The number of nitrogens with zero attached hydrogens (tertiary/aromatic N) is 3. The molecule has 5 rings (SSSR count). The fraction of sp³-hybridized carbons (Fsp3) is 0.400. The second-order valence-electron chi connectivity index (χ2n) is 11.5. The van der Waals surface area contributed by atoms with E-state index < -0.39 is 12.1 Å². The minimum Gasteiger partial charge on any atom is -0.493 e. The molecular weight excluding hydrogens is 632 g/mol. The lowest BCUT2D eigenvalue weighted by Crippen LogP contribution is -2.41. The second kappa shape index (κ2) is 15.9. The zero-order chi connectivity index (χ0) is 34.2. The lowest BCUT2D eigenvalue weighted by molar-refractivity contribution is -0.122. The molecule has 0 aliphatic heterocycles. The number of aromatic nitrogens is 3. The number of anilines is 1. The number of carbonyl (C=O) groups is 2. The molecule has 2 amide bonds. The van der Waals surface area contributed by atoms with E-state index in [0.717, 1.165) is 33.9 Å². The molecule has 1 aliphatic rings. The van der Waals surface area contributed by atoms with Crippen molar-refractivity contribution in [2.45, 2.75) is 51.1 Å². The third-order valence-electron chi connectivity index (χ3n) is 8.43. The van der Waals surface area contributed by atoms with Crippen LogP contribution in [0.4, 0.5) is 5.69 Å². The monoisotopic (exact) mass is 674 g/mol. The number of aryl methyl sites for hydroxylation is 2. The average molecular weight is 675 g/mol. The molecule has 2 aromatic heterocycles. The van der Waals surface area contributed by atoms with Gasteiger partial charge >= 0.3 is 0 Å². The number of benzene rings is 1. The van der Waals surface area contributed by atoms with Crippen molar-refractivity contribution in [1.29, 1.82) is 0 Å². The number of fused-ring (bicyclic) bond motifs is 4. The maximum Gasteiger partial charge on any atom is 0.242 e. The summed E-state index contributed by atoms with van der Waals surface area (Å²) in [6.07, 6.45) is 6.89. The van der Waals surface area contributed by atoms with Crippen LogP contribution in [-0.4, -0.2) is 72.3 Å². The number of nitrogens with one attached hydrogen (secondary N) is 3. The number of ether oxygens (including phenoxy) is 3.